The number of aryl methyl sites for hydroxylation is 1. The molecule has 0 bridgehead atoms. The van der Waals surface area contributed by atoms with Gasteiger partial charge in [0.2, 0.25) is 0 Å². The Labute approximate surface area is 172 Å². The van der Waals surface area contributed by atoms with E-state index in [1.807, 2.05) is 74.5 Å². The number of rotatable bonds is 6. The van der Waals surface area contributed by atoms with Crippen LogP contribution in [0.25, 0.3) is 21.0 Å². The van der Waals surface area contributed by atoms with Gasteiger partial charge in [-0.25, -0.2) is 0 Å². The van der Waals surface area contributed by atoms with Gasteiger partial charge in [-0.1, -0.05) is 48.6 Å². The summed E-state index contributed by atoms with van der Waals surface area (Å²) in [5.74, 6) is 0.460. The predicted molar refractivity (Wildman–Crippen MR) is 119 cm³/mol. The maximum atomic E-state index is 12.8. The monoisotopic (exact) mass is 406 g/mol. The minimum atomic E-state index is -0.606. The highest BCUT2D eigenvalue weighted by Crippen LogP contribution is 2.24. The summed E-state index contributed by atoms with van der Waals surface area (Å²) in [6.07, 6.45) is -0.0636. The number of benzene rings is 3. The second kappa shape index (κ2) is 8.09. The van der Waals surface area contributed by atoms with E-state index in [-0.39, 0.29) is 10.8 Å². The Balaban J connectivity index is 1.52. The number of nitrogens with zero attached hydrogens (tertiary/aromatic N) is 1. The average Bonchev–Trinajstić information content (AvgIpc) is 3.05. The fourth-order valence-electron chi connectivity index (χ4n) is 3.39. The number of aromatic nitrogens is 1. The second-order valence-electron chi connectivity index (χ2n) is 6.81. The van der Waals surface area contributed by atoms with Crippen LogP contribution in [-0.4, -0.2) is 16.6 Å². The molecule has 0 unspecified atom stereocenters. The van der Waals surface area contributed by atoms with E-state index in [9.17, 15) is 9.59 Å². The minimum Gasteiger partial charge on any atom is -0.481 e. The van der Waals surface area contributed by atoms with Crippen LogP contribution < -0.4 is 14.9 Å². The summed E-state index contributed by atoms with van der Waals surface area (Å²) in [5, 5.41) is 5.12. The highest BCUT2D eigenvalue weighted by Gasteiger charge is 2.19. The van der Waals surface area contributed by atoms with Crippen LogP contribution in [0.2, 0.25) is 0 Å². The molecule has 0 saturated carbocycles. The van der Waals surface area contributed by atoms with Crippen LogP contribution in [0.5, 0.6) is 5.75 Å². The Morgan fingerprint density at radius 2 is 1.86 bits per heavy atom. The van der Waals surface area contributed by atoms with Crippen LogP contribution in [-0.2, 0) is 11.3 Å². The zero-order chi connectivity index (χ0) is 20.4. The highest BCUT2D eigenvalue weighted by atomic mass is 32.1. The number of hydrogen-bond acceptors (Lipinski definition) is 4. The Hall–Kier alpha value is -3.12. The number of carbonyl (C=O) groups excluding carboxylic acids is 1. The smallest absolute Gasteiger partial charge is 0.308 e. The zero-order valence-corrected chi connectivity index (χ0v) is 17.2. The second-order valence-corrected chi connectivity index (χ2v) is 7.80. The molecule has 6 heteroatoms. The van der Waals surface area contributed by atoms with E-state index in [0.717, 1.165) is 21.0 Å². The molecule has 0 aliphatic rings. The zero-order valence-electron chi connectivity index (χ0n) is 16.3. The minimum absolute atomic E-state index is 0.0112. The van der Waals surface area contributed by atoms with Gasteiger partial charge in [-0.3, -0.25) is 14.2 Å². The standard InChI is InChI=1S/C23H22N2O3S/c1-3-20(28-18-11-9-15-7-5-6-8-16(15)13-18)22(26)24-17-10-12-19-21(14-17)29-23(27)25(19)4-2/h5-14,20H,3-4H2,1-2H3,(H,24,26)/t20-/m1/s1. The van der Waals surface area contributed by atoms with E-state index in [1.54, 1.807) is 4.57 Å². The molecule has 1 atom stereocenters. The molecule has 1 aromatic heterocycles. The fourth-order valence-corrected chi connectivity index (χ4v) is 4.39. The maximum absolute atomic E-state index is 12.8. The lowest BCUT2D eigenvalue weighted by Crippen LogP contribution is -2.32. The van der Waals surface area contributed by atoms with E-state index >= 15 is 0 Å². The van der Waals surface area contributed by atoms with Crippen molar-refractivity contribution in [3.8, 4) is 5.75 Å². The Bertz CT molecular complexity index is 1240. The molecular weight excluding hydrogens is 384 g/mol. The predicted octanol–water partition coefficient (Wildman–Crippen LogP) is 5.03. The summed E-state index contributed by atoms with van der Waals surface area (Å²) in [7, 11) is 0. The molecule has 3 aromatic carbocycles. The molecule has 1 N–H and O–H groups in total. The van der Waals surface area contributed by atoms with E-state index in [2.05, 4.69) is 5.32 Å². The van der Waals surface area contributed by atoms with Crippen LogP contribution in [0, 0.1) is 0 Å². The molecule has 148 valence electrons. The van der Waals surface area contributed by atoms with Gasteiger partial charge in [0.1, 0.15) is 5.75 Å². The van der Waals surface area contributed by atoms with Crippen LogP contribution in [0.15, 0.2) is 65.5 Å². The molecule has 0 fully saturated rings. The van der Waals surface area contributed by atoms with Crippen molar-refractivity contribution in [3.63, 3.8) is 0 Å². The third kappa shape index (κ3) is 3.89. The summed E-state index contributed by atoms with van der Waals surface area (Å²) >= 11 is 1.19. The molecule has 1 heterocycles. The van der Waals surface area contributed by atoms with Gasteiger partial charge in [-0.2, -0.15) is 0 Å². The Kier molecular flexibility index (Phi) is 5.36. The quantitative estimate of drug-likeness (QED) is 0.488. The summed E-state index contributed by atoms with van der Waals surface area (Å²) < 4.78 is 8.56. The molecule has 0 saturated heterocycles. The SMILES string of the molecule is CC[C@@H](Oc1ccc2ccccc2c1)C(=O)Nc1ccc2c(c1)sc(=O)n2CC. The molecule has 4 aromatic rings. The molecule has 0 aliphatic carbocycles. The van der Waals surface area contributed by atoms with Crippen molar-refractivity contribution in [2.24, 2.45) is 0 Å². The van der Waals surface area contributed by atoms with Gasteiger partial charge >= 0.3 is 4.87 Å². The molecule has 1 amide bonds. The number of hydrogen-bond donors (Lipinski definition) is 1. The lowest BCUT2D eigenvalue weighted by Gasteiger charge is -2.18. The first-order chi connectivity index (χ1) is 14.1. The summed E-state index contributed by atoms with van der Waals surface area (Å²) in [6, 6.07) is 19.4. The number of anilines is 1. The van der Waals surface area contributed by atoms with Crippen LogP contribution in [0.4, 0.5) is 5.69 Å². The van der Waals surface area contributed by atoms with Crippen LogP contribution in [0.3, 0.4) is 0 Å². The van der Waals surface area contributed by atoms with Crippen molar-refractivity contribution in [3.05, 3.63) is 70.3 Å². The highest BCUT2D eigenvalue weighted by molar-refractivity contribution is 7.16. The molecule has 5 nitrogen and oxygen atoms in total. The Morgan fingerprint density at radius 1 is 1.07 bits per heavy atom. The van der Waals surface area contributed by atoms with Crippen LogP contribution >= 0.6 is 11.3 Å². The number of fused-ring (bicyclic) bond motifs is 2. The number of carbonyl (C=O) groups is 1. The van der Waals surface area contributed by atoms with Crippen molar-refractivity contribution in [1.29, 1.82) is 0 Å². The molecule has 4 rings (SSSR count). The lowest BCUT2D eigenvalue weighted by atomic mass is 10.1. The van der Waals surface area contributed by atoms with E-state index in [0.29, 0.717) is 24.4 Å². The van der Waals surface area contributed by atoms with Crippen molar-refractivity contribution < 1.29 is 9.53 Å². The number of amides is 1. The maximum Gasteiger partial charge on any atom is 0.308 e. The van der Waals surface area contributed by atoms with Gasteiger partial charge in [-0.15, -0.1) is 0 Å². The summed E-state index contributed by atoms with van der Waals surface area (Å²) in [4.78, 5) is 24.8. The van der Waals surface area contributed by atoms with Gasteiger partial charge in [0.05, 0.1) is 10.2 Å². The van der Waals surface area contributed by atoms with E-state index < -0.39 is 6.10 Å². The summed E-state index contributed by atoms with van der Waals surface area (Å²) in [6.45, 7) is 4.49. The first kappa shape index (κ1) is 19.2. The van der Waals surface area contributed by atoms with Crippen LogP contribution in [0.1, 0.15) is 20.3 Å². The van der Waals surface area contributed by atoms with Crippen molar-refractivity contribution in [2.45, 2.75) is 32.9 Å². The third-order valence-electron chi connectivity index (χ3n) is 4.91. The normalized spacial score (nSPS) is 12.2. The number of nitrogens with one attached hydrogen (secondary N) is 1. The van der Waals surface area contributed by atoms with Gasteiger partial charge < -0.3 is 10.1 Å². The topological polar surface area (TPSA) is 60.3 Å². The van der Waals surface area contributed by atoms with E-state index in [4.69, 9.17) is 4.74 Å². The molecule has 29 heavy (non-hydrogen) atoms. The van der Waals surface area contributed by atoms with E-state index in [1.165, 1.54) is 11.3 Å². The third-order valence-corrected chi connectivity index (χ3v) is 5.86. The first-order valence-corrected chi connectivity index (χ1v) is 10.5. The lowest BCUT2D eigenvalue weighted by molar-refractivity contribution is -0.122. The number of thiazole rings is 1. The Morgan fingerprint density at radius 3 is 2.62 bits per heavy atom. The fraction of sp³-hybridized carbons (Fsp3) is 0.217. The molecule has 0 spiro atoms. The van der Waals surface area contributed by atoms with Crippen molar-refractivity contribution >= 4 is 43.9 Å². The van der Waals surface area contributed by atoms with Gasteiger partial charge in [0, 0.05) is 12.2 Å². The average molecular weight is 407 g/mol. The van der Waals surface area contributed by atoms with Gasteiger partial charge in [0.15, 0.2) is 6.10 Å². The van der Waals surface area contributed by atoms with Crippen molar-refractivity contribution in [2.75, 3.05) is 5.32 Å². The molecule has 0 radical (unpaired) electrons. The van der Waals surface area contributed by atoms with Crippen molar-refractivity contribution in [1.82, 2.24) is 4.57 Å². The van der Waals surface area contributed by atoms with Gasteiger partial charge in [0.25, 0.3) is 5.91 Å². The largest absolute Gasteiger partial charge is 0.481 e. The molecular formula is C23H22N2O3S. The summed E-state index contributed by atoms with van der Waals surface area (Å²) in [5.41, 5.74) is 1.55. The number of ether oxygens (including phenoxy) is 1. The molecule has 0 aliphatic heterocycles. The van der Waals surface area contributed by atoms with Gasteiger partial charge in [-0.05, 0) is 54.4 Å². The first-order valence-electron chi connectivity index (χ1n) is 9.68.